The first-order valence-electron chi connectivity index (χ1n) is 8.68. The maximum absolute atomic E-state index is 12.2. The first-order valence-corrected chi connectivity index (χ1v) is 8.68. The van der Waals surface area contributed by atoms with Crippen molar-refractivity contribution in [2.45, 2.75) is 26.2 Å². The lowest BCUT2D eigenvalue weighted by Crippen LogP contribution is -2.22. The summed E-state index contributed by atoms with van der Waals surface area (Å²) in [7, 11) is 2.84. The Kier molecular flexibility index (Phi) is 6.51. The highest BCUT2D eigenvalue weighted by atomic mass is 16.5. The molecule has 0 fully saturated rings. The van der Waals surface area contributed by atoms with E-state index in [1.165, 1.54) is 25.3 Å². The molecule has 7 nitrogen and oxygen atoms in total. The Morgan fingerprint density at radius 3 is 2.36 bits per heavy atom. The number of benzene rings is 2. The number of hydrogen-bond donors (Lipinski definition) is 2. The summed E-state index contributed by atoms with van der Waals surface area (Å²) in [6.45, 7) is 5.87. The first-order chi connectivity index (χ1) is 13.2. The molecule has 0 aliphatic carbocycles. The second kappa shape index (κ2) is 8.65. The van der Waals surface area contributed by atoms with Crippen LogP contribution in [-0.2, 0) is 14.9 Å². The van der Waals surface area contributed by atoms with Gasteiger partial charge in [0.05, 0.1) is 25.5 Å². The van der Waals surface area contributed by atoms with E-state index >= 15 is 0 Å². The van der Waals surface area contributed by atoms with E-state index in [1.54, 1.807) is 19.2 Å². The maximum Gasteiger partial charge on any atom is 0.337 e. The van der Waals surface area contributed by atoms with Crippen molar-refractivity contribution in [3.05, 3.63) is 47.5 Å². The molecule has 150 valence electrons. The molecule has 0 saturated carbocycles. The molecule has 0 bridgehead atoms. The molecular formula is C21H25NO6. The first kappa shape index (κ1) is 21.1. The molecule has 2 rings (SSSR count). The van der Waals surface area contributed by atoms with Gasteiger partial charge in [0.1, 0.15) is 17.2 Å². The topological polar surface area (TPSA) is 94.1 Å². The third kappa shape index (κ3) is 5.16. The van der Waals surface area contributed by atoms with Gasteiger partial charge < -0.3 is 24.6 Å². The van der Waals surface area contributed by atoms with Crippen LogP contribution in [0, 0.1) is 0 Å². The average molecular weight is 387 g/mol. The molecule has 0 aromatic heterocycles. The zero-order valence-electron chi connectivity index (χ0n) is 16.7. The molecule has 0 atom stereocenters. The lowest BCUT2D eigenvalue weighted by Gasteiger charge is -2.23. The predicted octanol–water partition coefficient (Wildman–Crippen LogP) is 3.50. The minimum atomic E-state index is -0.578. The van der Waals surface area contributed by atoms with E-state index in [-0.39, 0.29) is 29.0 Å². The van der Waals surface area contributed by atoms with E-state index in [0.29, 0.717) is 11.5 Å². The van der Waals surface area contributed by atoms with Crippen molar-refractivity contribution in [1.82, 2.24) is 0 Å². The van der Waals surface area contributed by atoms with E-state index in [0.717, 1.165) is 5.56 Å². The summed E-state index contributed by atoms with van der Waals surface area (Å²) < 4.78 is 15.5. The van der Waals surface area contributed by atoms with Gasteiger partial charge in [-0.1, -0.05) is 20.8 Å². The van der Waals surface area contributed by atoms with Gasteiger partial charge in [-0.05, 0) is 41.8 Å². The smallest absolute Gasteiger partial charge is 0.337 e. The zero-order chi connectivity index (χ0) is 20.9. The Hall–Kier alpha value is -3.22. The fourth-order valence-electron chi connectivity index (χ4n) is 2.56. The zero-order valence-corrected chi connectivity index (χ0v) is 16.7. The van der Waals surface area contributed by atoms with Crippen molar-refractivity contribution in [2.24, 2.45) is 0 Å². The van der Waals surface area contributed by atoms with E-state index in [1.807, 2.05) is 26.8 Å². The van der Waals surface area contributed by atoms with Crippen LogP contribution in [-0.4, -0.2) is 37.8 Å². The van der Waals surface area contributed by atoms with Crippen molar-refractivity contribution in [2.75, 3.05) is 26.1 Å². The minimum absolute atomic E-state index is 0.173. The van der Waals surface area contributed by atoms with Gasteiger partial charge in [0.15, 0.2) is 6.61 Å². The highest BCUT2D eigenvalue weighted by Crippen LogP contribution is 2.34. The molecule has 0 saturated heterocycles. The Bertz CT molecular complexity index is 870. The highest BCUT2D eigenvalue weighted by molar-refractivity contribution is 5.95. The fraction of sp³-hybridized carbons (Fsp3) is 0.333. The van der Waals surface area contributed by atoms with E-state index < -0.39 is 11.9 Å². The molecule has 2 N–H and O–H groups in total. The van der Waals surface area contributed by atoms with Crippen LogP contribution < -0.4 is 14.8 Å². The van der Waals surface area contributed by atoms with E-state index in [2.05, 4.69) is 10.1 Å². The lowest BCUT2D eigenvalue weighted by molar-refractivity contribution is -0.118. The van der Waals surface area contributed by atoms with Crippen LogP contribution in [0.1, 0.15) is 36.7 Å². The Morgan fingerprint density at radius 2 is 1.79 bits per heavy atom. The highest BCUT2D eigenvalue weighted by Gasteiger charge is 2.21. The van der Waals surface area contributed by atoms with Gasteiger partial charge in [-0.25, -0.2) is 4.79 Å². The van der Waals surface area contributed by atoms with Crippen LogP contribution in [0.15, 0.2) is 36.4 Å². The molecule has 1 amide bonds. The molecule has 0 aliphatic heterocycles. The van der Waals surface area contributed by atoms with Crippen LogP contribution in [0.4, 0.5) is 5.69 Å². The number of carbonyl (C=O) groups is 2. The van der Waals surface area contributed by atoms with E-state index in [9.17, 15) is 14.7 Å². The molecular weight excluding hydrogens is 362 g/mol. The summed E-state index contributed by atoms with van der Waals surface area (Å²) in [5, 5.41) is 12.6. The number of ether oxygens (including phenoxy) is 3. The summed E-state index contributed by atoms with van der Waals surface area (Å²) in [6.07, 6.45) is 0. The van der Waals surface area contributed by atoms with Gasteiger partial charge in [0.25, 0.3) is 5.91 Å². The predicted molar refractivity (Wildman–Crippen MR) is 105 cm³/mol. The molecule has 0 unspecified atom stereocenters. The number of esters is 1. The molecule has 2 aromatic carbocycles. The number of carbonyl (C=O) groups excluding carboxylic acids is 2. The third-order valence-electron chi connectivity index (χ3n) is 4.05. The van der Waals surface area contributed by atoms with Gasteiger partial charge in [-0.15, -0.1) is 0 Å². The third-order valence-corrected chi connectivity index (χ3v) is 4.05. The molecule has 28 heavy (non-hydrogen) atoms. The van der Waals surface area contributed by atoms with Crippen LogP contribution in [0.5, 0.6) is 17.2 Å². The number of phenolic OH excluding ortho intramolecular Hbond substituents is 1. The van der Waals surface area contributed by atoms with Crippen molar-refractivity contribution in [3.63, 3.8) is 0 Å². The summed E-state index contributed by atoms with van der Waals surface area (Å²) >= 11 is 0. The summed E-state index contributed by atoms with van der Waals surface area (Å²) in [5.41, 5.74) is 1.06. The average Bonchev–Trinajstić information content (AvgIpc) is 2.66. The van der Waals surface area contributed by atoms with Gasteiger partial charge >= 0.3 is 5.97 Å². The van der Waals surface area contributed by atoms with Gasteiger partial charge in [-0.3, -0.25) is 4.79 Å². The molecule has 2 aromatic rings. The van der Waals surface area contributed by atoms with Crippen molar-refractivity contribution in [1.29, 1.82) is 0 Å². The van der Waals surface area contributed by atoms with Crippen molar-refractivity contribution in [3.8, 4) is 17.2 Å². The Labute approximate surface area is 164 Å². The fourth-order valence-corrected chi connectivity index (χ4v) is 2.56. The SMILES string of the molecule is COC(=O)c1ccc(NC(=O)COc2ccc(OC)cc2C(C)(C)C)c(O)c1. The van der Waals surface area contributed by atoms with Crippen LogP contribution in [0.2, 0.25) is 0 Å². The van der Waals surface area contributed by atoms with Crippen molar-refractivity contribution >= 4 is 17.6 Å². The molecule has 0 aliphatic rings. The summed E-state index contributed by atoms with van der Waals surface area (Å²) in [4.78, 5) is 23.7. The Balaban J connectivity index is 2.08. The van der Waals surface area contributed by atoms with Gasteiger partial charge in [-0.2, -0.15) is 0 Å². The van der Waals surface area contributed by atoms with Gasteiger partial charge in [0.2, 0.25) is 0 Å². The number of phenols is 1. The number of methoxy groups -OCH3 is 2. The number of nitrogens with one attached hydrogen (secondary N) is 1. The van der Waals surface area contributed by atoms with Crippen LogP contribution in [0.25, 0.3) is 0 Å². The van der Waals surface area contributed by atoms with Crippen LogP contribution in [0.3, 0.4) is 0 Å². The number of amides is 1. The number of rotatable bonds is 6. The van der Waals surface area contributed by atoms with Gasteiger partial charge in [0, 0.05) is 5.56 Å². The quantitative estimate of drug-likeness (QED) is 0.582. The van der Waals surface area contributed by atoms with E-state index in [4.69, 9.17) is 9.47 Å². The number of anilines is 1. The number of hydrogen-bond acceptors (Lipinski definition) is 6. The molecule has 0 heterocycles. The molecule has 0 spiro atoms. The minimum Gasteiger partial charge on any atom is -0.506 e. The summed E-state index contributed by atoms with van der Waals surface area (Å²) in [6, 6.07) is 9.50. The second-order valence-electron chi connectivity index (χ2n) is 7.17. The number of aromatic hydroxyl groups is 1. The van der Waals surface area contributed by atoms with Crippen molar-refractivity contribution < 1.29 is 28.9 Å². The lowest BCUT2D eigenvalue weighted by atomic mass is 9.86. The second-order valence-corrected chi connectivity index (χ2v) is 7.17. The normalized spacial score (nSPS) is 10.9. The summed E-state index contributed by atoms with van der Waals surface area (Å²) in [5.74, 6) is 0.0182. The molecule has 7 heteroatoms. The molecule has 0 radical (unpaired) electrons. The van der Waals surface area contributed by atoms with Crippen LogP contribution >= 0.6 is 0 Å². The maximum atomic E-state index is 12.2. The largest absolute Gasteiger partial charge is 0.506 e. The Morgan fingerprint density at radius 1 is 1.07 bits per heavy atom. The standard InChI is InChI=1S/C21H25NO6/c1-21(2,3)15-11-14(26-4)7-9-18(15)28-12-19(24)22-16-8-6-13(10-17(16)23)20(25)27-5/h6-11,23H,12H2,1-5H3,(H,22,24). The monoisotopic (exact) mass is 387 g/mol.